The third kappa shape index (κ3) is 3.14. The second kappa shape index (κ2) is 6.23. The van der Waals surface area contributed by atoms with Crippen molar-refractivity contribution in [3.05, 3.63) is 42.4 Å². The topological polar surface area (TPSA) is 73.0 Å². The molecule has 0 aliphatic carbocycles. The standard InChI is InChI=1S/C15H16N4O2S/c1-10(13-7-11-5-3-4-6-12(11)21-13)17-14(20)8-22-15-18-16-9-19(15)2/h3-7,9-10H,8H2,1-2H3,(H,17,20)/t10-/m1/s1. The molecule has 0 saturated heterocycles. The van der Waals surface area contributed by atoms with E-state index in [2.05, 4.69) is 15.5 Å². The Hall–Kier alpha value is -2.28. The summed E-state index contributed by atoms with van der Waals surface area (Å²) in [6, 6.07) is 9.56. The first kappa shape index (κ1) is 14.6. The Bertz CT molecular complexity index is 763. The zero-order chi connectivity index (χ0) is 15.5. The molecule has 22 heavy (non-hydrogen) atoms. The van der Waals surface area contributed by atoms with Gasteiger partial charge in [-0.05, 0) is 19.1 Å². The molecule has 7 heteroatoms. The molecule has 3 aromatic rings. The van der Waals surface area contributed by atoms with Crippen molar-refractivity contribution in [1.82, 2.24) is 20.1 Å². The van der Waals surface area contributed by atoms with Crippen LogP contribution in [-0.2, 0) is 11.8 Å². The summed E-state index contributed by atoms with van der Waals surface area (Å²) in [5.74, 6) is 0.969. The Labute approximate surface area is 131 Å². The first-order valence-corrected chi connectivity index (χ1v) is 7.86. The SMILES string of the molecule is C[C@@H](NC(=O)CSc1nncn1C)c1cc2ccccc2o1. The number of hydrogen-bond acceptors (Lipinski definition) is 5. The maximum Gasteiger partial charge on any atom is 0.231 e. The first-order chi connectivity index (χ1) is 10.6. The number of para-hydroxylation sites is 1. The monoisotopic (exact) mass is 316 g/mol. The van der Waals surface area contributed by atoms with Crippen molar-refractivity contribution in [2.24, 2.45) is 7.05 Å². The van der Waals surface area contributed by atoms with Crippen LogP contribution in [0.15, 0.2) is 46.2 Å². The maximum absolute atomic E-state index is 12.0. The number of amides is 1. The van der Waals surface area contributed by atoms with Crippen LogP contribution in [0, 0.1) is 0 Å². The van der Waals surface area contributed by atoms with E-state index in [0.717, 1.165) is 16.7 Å². The maximum atomic E-state index is 12.0. The molecule has 1 amide bonds. The highest BCUT2D eigenvalue weighted by atomic mass is 32.2. The molecule has 0 unspecified atom stereocenters. The van der Waals surface area contributed by atoms with Gasteiger partial charge in [-0.2, -0.15) is 0 Å². The Morgan fingerprint density at radius 1 is 1.45 bits per heavy atom. The summed E-state index contributed by atoms with van der Waals surface area (Å²) >= 11 is 1.35. The molecule has 2 aromatic heterocycles. The Kier molecular flexibility index (Phi) is 4.15. The van der Waals surface area contributed by atoms with Crippen molar-refractivity contribution in [1.29, 1.82) is 0 Å². The van der Waals surface area contributed by atoms with Crippen LogP contribution < -0.4 is 5.32 Å². The molecule has 0 saturated carbocycles. The van der Waals surface area contributed by atoms with Crippen molar-refractivity contribution >= 4 is 28.6 Å². The van der Waals surface area contributed by atoms with E-state index in [0.29, 0.717) is 5.16 Å². The van der Waals surface area contributed by atoms with Crippen LogP contribution in [0.1, 0.15) is 18.7 Å². The van der Waals surface area contributed by atoms with Gasteiger partial charge in [-0.1, -0.05) is 30.0 Å². The van der Waals surface area contributed by atoms with Gasteiger partial charge in [0, 0.05) is 12.4 Å². The Morgan fingerprint density at radius 3 is 3.00 bits per heavy atom. The molecule has 1 N–H and O–H groups in total. The van der Waals surface area contributed by atoms with E-state index in [4.69, 9.17) is 4.42 Å². The molecule has 1 aromatic carbocycles. The molecule has 0 aliphatic rings. The third-order valence-electron chi connectivity index (χ3n) is 3.25. The molecule has 2 heterocycles. The molecule has 0 aliphatic heterocycles. The second-order valence-electron chi connectivity index (χ2n) is 4.99. The number of furan rings is 1. The number of carbonyl (C=O) groups excluding carboxylic acids is 1. The van der Waals surface area contributed by atoms with Crippen LogP contribution >= 0.6 is 11.8 Å². The molecule has 0 radical (unpaired) electrons. The Balaban J connectivity index is 1.59. The molecule has 0 bridgehead atoms. The number of thioether (sulfide) groups is 1. The molecular formula is C15H16N4O2S. The number of carbonyl (C=O) groups is 1. The van der Waals surface area contributed by atoms with E-state index in [9.17, 15) is 4.79 Å². The molecule has 1 atom stereocenters. The van der Waals surface area contributed by atoms with E-state index in [1.807, 2.05) is 44.3 Å². The van der Waals surface area contributed by atoms with Crippen LogP contribution in [0.3, 0.4) is 0 Å². The van der Waals surface area contributed by atoms with Crippen molar-refractivity contribution in [2.45, 2.75) is 18.1 Å². The molecule has 0 spiro atoms. The minimum atomic E-state index is -0.181. The minimum Gasteiger partial charge on any atom is -0.459 e. The number of benzene rings is 1. The highest BCUT2D eigenvalue weighted by Crippen LogP contribution is 2.23. The highest BCUT2D eigenvalue weighted by molar-refractivity contribution is 7.99. The van der Waals surface area contributed by atoms with Gasteiger partial charge in [0.2, 0.25) is 5.91 Å². The van der Waals surface area contributed by atoms with Gasteiger partial charge in [-0.25, -0.2) is 0 Å². The summed E-state index contributed by atoms with van der Waals surface area (Å²) in [5.41, 5.74) is 0.826. The normalized spacial score (nSPS) is 12.5. The summed E-state index contributed by atoms with van der Waals surface area (Å²) in [6.07, 6.45) is 1.61. The lowest BCUT2D eigenvalue weighted by molar-refractivity contribution is -0.119. The van der Waals surface area contributed by atoms with Gasteiger partial charge in [0.05, 0.1) is 11.8 Å². The molecular weight excluding hydrogens is 300 g/mol. The van der Waals surface area contributed by atoms with Crippen molar-refractivity contribution in [3.63, 3.8) is 0 Å². The number of hydrogen-bond donors (Lipinski definition) is 1. The van der Waals surface area contributed by atoms with Gasteiger partial charge in [0.25, 0.3) is 0 Å². The number of fused-ring (bicyclic) bond motifs is 1. The smallest absolute Gasteiger partial charge is 0.231 e. The predicted octanol–water partition coefficient (Wildman–Crippen LogP) is 2.53. The van der Waals surface area contributed by atoms with Gasteiger partial charge in [-0.3, -0.25) is 4.79 Å². The van der Waals surface area contributed by atoms with Gasteiger partial charge < -0.3 is 14.3 Å². The summed E-state index contributed by atoms with van der Waals surface area (Å²) in [4.78, 5) is 12.0. The van der Waals surface area contributed by atoms with Crippen LogP contribution in [0.5, 0.6) is 0 Å². The predicted molar refractivity (Wildman–Crippen MR) is 84.5 cm³/mol. The van der Waals surface area contributed by atoms with Crippen LogP contribution in [0.25, 0.3) is 11.0 Å². The molecule has 114 valence electrons. The number of aromatic nitrogens is 3. The number of nitrogens with zero attached hydrogens (tertiary/aromatic N) is 3. The lowest BCUT2D eigenvalue weighted by Crippen LogP contribution is -2.28. The van der Waals surface area contributed by atoms with Crippen molar-refractivity contribution in [2.75, 3.05) is 5.75 Å². The van der Waals surface area contributed by atoms with Crippen LogP contribution in [0.2, 0.25) is 0 Å². The van der Waals surface area contributed by atoms with Gasteiger partial charge >= 0.3 is 0 Å². The van der Waals surface area contributed by atoms with Gasteiger partial charge in [0.15, 0.2) is 5.16 Å². The lowest BCUT2D eigenvalue weighted by Gasteiger charge is -2.10. The fraction of sp³-hybridized carbons (Fsp3) is 0.267. The number of nitrogens with one attached hydrogen (secondary N) is 1. The summed E-state index contributed by atoms with van der Waals surface area (Å²) < 4.78 is 7.53. The number of aryl methyl sites for hydroxylation is 1. The zero-order valence-corrected chi connectivity index (χ0v) is 13.1. The van der Waals surface area contributed by atoms with Crippen molar-refractivity contribution < 1.29 is 9.21 Å². The van der Waals surface area contributed by atoms with E-state index in [1.54, 1.807) is 10.9 Å². The third-order valence-corrected chi connectivity index (χ3v) is 4.29. The lowest BCUT2D eigenvalue weighted by atomic mass is 10.2. The number of rotatable bonds is 5. The summed E-state index contributed by atoms with van der Waals surface area (Å²) in [5, 5.41) is 12.4. The van der Waals surface area contributed by atoms with E-state index >= 15 is 0 Å². The average Bonchev–Trinajstić information content (AvgIpc) is 3.11. The molecule has 0 fully saturated rings. The second-order valence-corrected chi connectivity index (χ2v) is 5.93. The van der Waals surface area contributed by atoms with Crippen LogP contribution in [0.4, 0.5) is 0 Å². The summed E-state index contributed by atoms with van der Waals surface area (Å²) in [6.45, 7) is 1.91. The fourth-order valence-electron chi connectivity index (χ4n) is 2.10. The zero-order valence-electron chi connectivity index (χ0n) is 12.3. The van der Waals surface area contributed by atoms with E-state index in [-0.39, 0.29) is 17.7 Å². The summed E-state index contributed by atoms with van der Waals surface area (Å²) in [7, 11) is 1.84. The largest absolute Gasteiger partial charge is 0.459 e. The molecule has 3 rings (SSSR count). The highest BCUT2D eigenvalue weighted by Gasteiger charge is 2.15. The van der Waals surface area contributed by atoms with Gasteiger partial charge in [-0.15, -0.1) is 10.2 Å². The van der Waals surface area contributed by atoms with E-state index < -0.39 is 0 Å². The molecule has 6 nitrogen and oxygen atoms in total. The first-order valence-electron chi connectivity index (χ1n) is 6.88. The van der Waals surface area contributed by atoms with Gasteiger partial charge in [0.1, 0.15) is 17.7 Å². The minimum absolute atomic E-state index is 0.0686. The quantitative estimate of drug-likeness (QED) is 0.732. The average molecular weight is 316 g/mol. The fourth-order valence-corrected chi connectivity index (χ4v) is 2.80. The van der Waals surface area contributed by atoms with Crippen molar-refractivity contribution in [3.8, 4) is 0 Å². The van der Waals surface area contributed by atoms with E-state index in [1.165, 1.54) is 11.8 Å². The Morgan fingerprint density at radius 2 is 2.27 bits per heavy atom. The van der Waals surface area contributed by atoms with Crippen LogP contribution in [-0.4, -0.2) is 26.4 Å².